The first-order valence-electron chi connectivity index (χ1n) is 13.7. The van der Waals surface area contributed by atoms with Crippen molar-refractivity contribution in [2.24, 2.45) is 5.92 Å². The first kappa shape index (κ1) is 27.6. The molecule has 40 heavy (non-hydrogen) atoms. The second kappa shape index (κ2) is 11.6. The topological polar surface area (TPSA) is 92.2 Å². The van der Waals surface area contributed by atoms with Crippen LogP contribution in [0.5, 0.6) is 5.75 Å². The molecule has 0 saturated carbocycles. The van der Waals surface area contributed by atoms with Gasteiger partial charge < -0.3 is 19.6 Å². The number of halogens is 1. The molecule has 1 fully saturated rings. The number of para-hydroxylation sites is 1. The van der Waals surface area contributed by atoms with Gasteiger partial charge in [-0.3, -0.25) is 19.5 Å². The number of nitrogens with zero attached hydrogens (tertiary/aromatic N) is 3. The third kappa shape index (κ3) is 5.38. The molecule has 0 bridgehead atoms. The van der Waals surface area contributed by atoms with Gasteiger partial charge in [0, 0.05) is 46.6 Å². The molecule has 3 aromatic heterocycles. The Kier molecular flexibility index (Phi) is 8.02. The van der Waals surface area contributed by atoms with Crippen LogP contribution in [0.1, 0.15) is 58.7 Å². The summed E-state index contributed by atoms with van der Waals surface area (Å²) >= 11 is 0. The average molecular weight is 546 g/mol. The van der Waals surface area contributed by atoms with E-state index in [0.717, 1.165) is 42.5 Å². The molecule has 1 atom stereocenters. The standard InChI is InChI=1S/C31H36FN5O3/c1-19-15-28(40-4)25(30(38)35-19)16-34-31(39)29-21(3)37(27-8-6-5-7-24(27)29)20(2)22-10-13-36(14-11-22)18-23-9-12-33-17-26(23)32/h5-9,12,15,17,20,22H,10-11,13-14,16,18H2,1-4H3,(H,34,39)(H,35,38)/t20-/m1/s1. The van der Waals surface area contributed by atoms with Gasteiger partial charge >= 0.3 is 0 Å². The van der Waals surface area contributed by atoms with Crippen LogP contribution in [-0.4, -0.2) is 45.5 Å². The smallest absolute Gasteiger partial charge is 0.256 e. The number of piperidine rings is 1. The number of fused-ring (bicyclic) bond motifs is 1. The number of carbonyl (C=O) groups is 1. The molecule has 4 aromatic rings. The monoisotopic (exact) mass is 545 g/mol. The van der Waals surface area contributed by atoms with Crippen molar-refractivity contribution >= 4 is 16.8 Å². The summed E-state index contributed by atoms with van der Waals surface area (Å²) in [4.78, 5) is 35.0. The summed E-state index contributed by atoms with van der Waals surface area (Å²) < 4.78 is 21.8. The highest BCUT2D eigenvalue weighted by atomic mass is 19.1. The number of aromatic amines is 1. The van der Waals surface area contributed by atoms with Crippen molar-refractivity contribution in [3.05, 3.63) is 93.0 Å². The minimum atomic E-state index is -0.275. The van der Waals surface area contributed by atoms with Crippen LogP contribution in [0, 0.1) is 25.6 Å². The average Bonchev–Trinajstić information content (AvgIpc) is 3.25. The highest BCUT2D eigenvalue weighted by molar-refractivity contribution is 6.08. The van der Waals surface area contributed by atoms with Crippen LogP contribution in [0.3, 0.4) is 0 Å². The Hall–Kier alpha value is -3.98. The summed E-state index contributed by atoms with van der Waals surface area (Å²) in [7, 11) is 1.51. The molecule has 1 aromatic carbocycles. The number of benzene rings is 1. The summed E-state index contributed by atoms with van der Waals surface area (Å²) in [6.07, 6.45) is 4.87. The number of ether oxygens (including phenoxy) is 1. The van der Waals surface area contributed by atoms with Gasteiger partial charge in [0.05, 0.1) is 31.0 Å². The van der Waals surface area contributed by atoms with Crippen LogP contribution >= 0.6 is 0 Å². The van der Waals surface area contributed by atoms with Crippen LogP contribution in [0.2, 0.25) is 0 Å². The quantitative estimate of drug-likeness (QED) is 0.329. The molecule has 0 unspecified atom stereocenters. The van der Waals surface area contributed by atoms with E-state index in [1.807, 2.05) is 25.1 Å². The molecular weight excluding hydrogens is 509 g/mol. The van der Waals surface area contributed by atoms with E-state index < -0.39 is 0 Å². The SMILES string of the molecule is COc1cc(C)[nH]c(=O)c1CNC(=O)c1c(C)n([C@H](C)C2CCN(Cc3ccncc3F)CC2)c2ccccc12. The zero-order valence-corrected chi connectivity index (χ0v) is 23.5. The molecule has 9 heteroatoms. The van der Waals surface area contributed by atoms with Crippen LogP contribution in [0.15, 0.2) is 53.6 Å². The Balaban J connectivity index is 1.34. The number of nitrogens with one attached hydrogen (secondary N) is 2. The number of methoxy groups -OCH3 is 1. The summed E-state index contributed by atoms with van der Waals surface area (Å²) in [5.41, 5.74) is 4.02. The Labute approximate surface area is 233 Å². The number of H-pyrrole nitrogens is 1. The third-order valence-corrected chi connectivity index (χ3v) is 8.23. The maximum atomic E-state index is 14.1. The van der Waals surface area contributed by atoms with Crippen LogP contribution in [-0.2, 0) is 13.1 Å². The number of rotatable bonds is 8. The van der Waals surface area contributed by atoms with Gasteiger partial charge in [-0.2, -0.15) is 0 Å². The van der Waals surface area contributed by atoms with E-state index in [1.54, 1.807) is 25.3 Å². The van der Waals surface area contributed by atoms with E-state index >= 15 is 0 Å². The van der Waals surface area contributed by atoms with Crippen molar-refractivity contribution in [3.63, 3.8) is 0 Å². The molecule has 210 valence electrons. The van der Waals surface area contributed by atoms with Crippen LogP contribution in [0.25, 0.3) is 10.9 Å². The molecule has 5 rings (SSSR count). The second-order valence-corrected chi connectivity index (χ2v) is 10.7. The minimum Gasteiger partial charge on any atom is -0.496 e. The van der Waals surface area contributed by atoms with Gasteiger partial charge in [0.1, 0.15) is 11.6 Å². The first-order valence-corrected chi connectivity index (χ1v) is 13.7. The molecule has 1 amide bonds. The van der Waals surface area contributed by atoms with E-state index in [0.29, 0.717) is 40.6 Å². The predicted molar refractivity (Wildman–Crippen MR) is 153 cm³/mol. The fourth-order valence-electron chi connectivity index (χ4n) is 6.07. The number of carbonyl (C=O) groups excluding carboxylic acids is 1. The lowest BCUT2D eigenvalue weighted by atomic mass is 9.89. The molecule has 2 N–H and O–H groups in total. The molecule has 1 aliphatic rings. The number of aromatic nitrogens is 3. The van der Waals surface area contributed by atoms with Crippen molar-refractivity contribution in [1.29, 1.82) is 0 Å². The lowest BCUT2D eigenvalue weighted by molar-refractivity contribution is 0.0951. The van der Waals surface area contributed by atoms with Gasteiger partial charge in [0.15, 0.2) is 0 Å². The lowest BCUT2D eigenvalue weighted by Crippen LogP contribution is -2.36. The molecule has 4 heterocycles. The zero-order chi connectivity index (χ0) is 28.4. The van der Waals surface area contributed by atoms with Gasteiger partial charge in [0.25, 0.3) is 11.5 Å². The number of amides is 1. The largest absolute Gasteiger partial charge is 0.496 e. The molecule has 0 radical (unpaired) electrons. The van der Waals surface area contributed by atoms with E-state index in [4.69, 9.17) is 4.74 Å². The van der Waals surface area contributed by atoms with Crippen molar-refractivity contribution in [1.82, 2.24) is 24.8 Å². The van der Waals surface area contributed by atoms with E-state index in [1.165, 1.54) is 13.3 Å². The van der Waals surface area contributed by atoms with Gasteiger partial charge in [-0.15, -0.1) is 0 Å². The maximum absolute atomic E-state index is 14.1. The van der Waals surface area contributed by atoms with Crippen molar-refractivity contribution in [2.45, 2.75) is 52.7 Å². The summed E-state index contributed by atoms with van der Waals surface area (Å²) in [5, 5.41) is 3.84. The molecule has 8 nitrogen and oxygen atoms in total. The van der Waals surface area contributed by atoms with Crippen molar-refractivity contribution < 1.29 is 13.9 Å². The number of aryl methyl sites for hydroxylation is 1. The Morgan fingerprint density at radius 1 is 1.23 bits per heavy atom. The summed E-state index contributed by atoms with van der Waals surface area (Å²) in [6, 6.07) is 11.6. The van der Waals surface area contributed by atoms with E-state index in [2.05, 4.69) is 37.7 Å². The molecule has 0 spiro atoms. The third-order valence-electron chi connectivity index (χ3n) is 8.23. The minimum absolute atomic E-state index is 0.0582. The lowest BCUT2D eigenvalue weighted by Gasteiger charge is -2.36. The number of pyridine rings is 2. The highest BCUT2D eigenvalue weighted by Gasteiger charge is 2.29. The van der Waals surface area contributed by atoms with Gasteiger partial charge in [-0.05, 0) is 70.8 Å². The summed E-state index contributed by atoms with van der Waals surface area (Å²) in [6.45, 7) is 8.41. The van der Waals surface area contributed by atoms with Gasteiger partial charge in [0.2, 0.25) is 0 Å². The van der Waals surface area contributed by atoms with Crippen molar-refractivity contribution in [2.75, 3.05) is 20.2 Å². The number of hydrogen-bond acceptors (Lipinski definition) is 5. The normalized spacial score (nSPS) is 15.3. The van der Waals surface area contributed by atoms with Gasteiger partial charge in [-0.25, -0.2) is 4.39 Å². The van der Waals surface area contributed by atoms with Crippen molar-refractivity contribution in [3.8, 4) is 5.75 Å². The highest BCUT2D eigenvalue weighted by Crippen LogP contribution is 2.36. The first-order chi connectivity index (χ1) is 19.3. The Morgan fingerprint density at radius 3 is 2.70 bits per heavy atom. The zero-order valence-electron chi connectivity index (χ0n) is 23.5. The van der Waals surface area contributed by atoms with Crippen LogP contribution in [0.4, 0.5) is 4.39 Å². The number of hydrogen-bond donors (Lipinski definition) is 2. The maximum Gasteiger partial charge on any atom is 0.256 e. The van der Waals surface area contributed by atoms with Gasteiger partial charge in [-0.1, -0.05) is 18.2 Å². The van der Waals surface area contributed by atoms with E-state index in [-0.39, 0.29) is 29.9 Å². The Morgan fingerprint density at radius 2 is 1.98 bits per heavy atom. The van der Waals surface area contributed by atoms with Crippen LogP contribution < -0.4 is 15.6 Å². The molecular formula is C31H36FN5O3. The molecule has 1 saturated heterocycles. The fourth-order valence-corrected chi connectivity index (χ4v) is 6.07. The molecule has 0 aliphatic carbocycles. The second-order valence-electron chi connectivity index (χ2n) is 10.7. The fraction of sp³-hybridized carbons (Fsp3) is 0.387. The van der Waals surface area contributed by atoms with E-state index in [9.17, 15) is 14.0 Å². The molecule has 1 aliphatic heterocycles. The number of likely N-dealkylation sites (tertiary alicyclic amines) is 1. The summed E-state index contributed by atoms with van der Waals surface area (Å²) in [5.74, 6) is 0.381. The predicted octanol–water partition coefficient (Wildman–Crippen LogP) is 4.89. The Bertz CT molecular complexity index is 1590.